The molecule has 1 spiro atoms. The van der Waals surface area contributed by atoms with E-state index in [4.69, 9.17) is 4.42 Å². The second-order valence-corrected chi connectivity index (χ2v) is 10.9. The molecule has 4 fully saturated rings. The van der Waals surface area contributed by atoms with Gasteiger partial charge in [0.15, 0.2) is 0 Å². The van der Waals surface area contributed by atoms with E-state index in [2.05, 4.69) is 44.3 Å². The van der Waals surface area contributed by atoms with Gasteiger partial charge in [-0.2, -0.15) is 0 Å². The Hall–Kier alpha value is -1.92. The first-order valence-electron chi connectivity index (χ1n) is 12.7. The van der Waals surface area contributed by atoms with Crippen molar-refractivity contribution in [1.29, 1.82) is 0 Å². The first-order chi connectivity index (χ1) is 15.7. The lowest BCUT2D eigenvalue weighted by molar-refractivity contribution is 0.121. The average Bonchev–Trinajstić information content (AvgIpc) is 3.49. The first-order valence-corrected chi connectivity index (χ1v) is 12.7. The van der Waals surface area contributed by atoms with Crippen molar-refractivity contribution in [2.24, 2.45) is 5.41 Å². The summed E-state index contributed by atoms with van der Waals surface area (Å²) in [4.78, 5) is 5.03. The van der Waals surface area contributed by atoms with Crippen molar-refractivity contribution in [2.45, 2.75) is 81.8 Å². The minimum Gasteiger partial charge on any atom is -0.411 e. The Balaban J connectivity index is 1.05. The van der Waals surface area contributed by atoms with Crippen LogP contribution in [0.4, 0.5) is 6.01 Å². The molecule has 0 bridgehead atoms. The molecule has 1 aromatic heterocycles. The van der Waals surface area contributed by atoms with E-state index in [9.17, 15) is 5.11 Å². The standard InChI is InChI=1S/C26H36N4O2/c31-22-7-5-19(6-8-22)23-3-1-2-4-24(23)20-10-13-29(14-11-20)21-9-12-26(15-21)16-30(17-26)25-28-27-18-32-25/h1-4,18-22,31H,5-17H2. The van der Waals surface area contributed by atoms with Gasteiger partial charge in [0.1, 0.15) is 0 Å². The van der Waals surface area contributed by atoms with E-state index in [0.29, 0.717) is 23.3 Å². The van der Waals surface area contributed by atoms with Crippen LogP contribution in [0, 0.1) is 5.41 Å². The third kappa shape index (κ3) is 3.86. The van der Waals surface area contributed by atoms with Crippen LogP contribution >= 0.6 is 0 Å². The van der Waals surface area contributed by atoms with Gasteiger partial charge in [-0.25, -0.2) is 0 Å². The molecule has 1 N–H and O–H groups in total. The molecule has 6 rings (SSSR count). The van der Waals surface area contributed by atoms with Crippen LogP contribution < -0.4 is 4.90 Å². The van der Waals surface area contributed by atoms with Crippen molar-refractivity contribution < 1.29 is 9.52 Å². The molecule has 1 unspecified atom stereocenters. The normalized spacial score (nSPS) is 31.2. The van der Waals surface area contributed by atoms with Crippen molar-refractivity contribution >= 4 is 6.01 Å². The number of likely N-dealkylation sites (tertiary alicyclic amines) is 1. The second-order valence-electron chi connectivity index (χ2n) is 10.9. The fourth-order valence-corrected chi connectivity index (χ4v) is 7.20. The highest BCUT2D eigenvalue weighted by Gasteiger charge is 2.50. The Morgan fingerprint density at radius 2 is 1.59 bits per heavy atom. The molecule has 2 aliphatic heterocycles. The minimum absolute atomic E-state index is 0.0777. The number of hydrogen-bond donors (Lipinski definition) is 1. The number of hydrogen-bond acceptors (Lipinski definition) is 6. The molecule has 4 aliphatic rings. The van der Waals surface area contributed by atoms with Gasteiger partial charge in [-0.3, -0.25) is 0 Å². The molecular weight excluding hydrogens is 400 g/mol. The molecule has 32 heavy (non-hydrogen) atoms. The molecule has 2 aliphatic carbocycles. The van der Waals surface area contributed by atoms with Gasteiger partial charge in [0, 0.05) is 24.5 Å². The van der Waals surface area contributed by atoms with Crippen LogP contribution in [-0.2, 0) is 0 Å². The van der Waals surface area contributed by atoms with E-state index in [1.807, 2.05) is 0 Å². The molecule has 6 heteroatoms. The highest BCUT2D eigenvalue weighted by molar-refractivity contribution is 5.35. The van der Waals surface area contributed by atoms with E-state index in [1.165, 1.54) is 51.6 Å². The Kier molecular flexibility index (Phi) is 5.46. The smallest absolute Gasteiger partial charge is 0.317 e. The summed E-state index contributed by atoms with van der Waals surface area (Å²) in [5, 5.41) is 17.8. The predicted molar refractivity (Wildman–Crippen MR) is 124 cm³/mol. The Morgan fingerprint density at radius 1 is 0.906 bits per heavy atom. The third-order valence-corrected chi connectivity index (χ3v) is 8.97. The van der Waals surface area contributed by atoms with Crippen molar-refractivity contribution in [3.63, 3.8) is 0 Å². The number of benzene rings is 1. The second kappa shape index (κ2) is 8.45. The molecule has 2 aromatic rings. The van der Waals surface area contributed by atoms with E-state index in [0.717, 1.165) is 44.8 Å². The summed E-state index contributed by atoms with van der Waals surface area (Å²) in [6, 6.07) is 10.6. The molecule has 0 amide bonds. The van der Waals surface area contributed by atoms with Gasteiger partial charge in [0.05, 0.1) is 6.10 Å². The average molecular weight is 437 g/mol. The number of piperidine rings is 1. The number of aromatic nitrogens is 2. The number of aliphatic hydroxyl groups excluding tert-OH is 1. The van der Waals surface area contributed by atoms with Gasteiger partial charge >= 0.3 is 6.01 Å². The molecule has 0 radical (unpaired) electrons. The fraction of sp³-hybridized carbons (Fsp3) is 0.692. The van der Waals surface area contributed by atoms with E-state index in [-0.39, 0.29) is 6.10 Å². The summed E-state index contributed by atoms with van der Waals surface area (Å²) in [6.45, 7) is 4.62. The number of aliphatic hydroxyl groups is 1. The van der Waals surface area contributed by atoms with Gasteiger partial charge in [-0.1, -0.05) is 29.4 Å². The highest BCUT2D eigenvalue weighted by atomic mass is 16.4. The van der Waals surface area contributed by atoms with Crippen molar-refractivity contribution in [3.8, 4) is 0 Å². The van der Waals surface area contributed by atoms with Crippen molar-refractivity contribution in [2.75, 3.05) is 31.1 Å². The quantitative estimate of drug-likeness (QED) is 0.770. The summed E-state index contributed by atoms with van der Waals surface area (Å²) in [5.41, 5.74) is 3.65. The van der Waals surface area contributed by atoms with Crippen LogP contribution in [0.3, 0.4) is 0 Å². The van der Waals surface area contributed by atoms with Gasteiger partial charge < -0.3 is 19.3 Å². The van der Waals surface area contributed by atoms with E-state index >= 15 is 0 Å². The van der Waals surface area contributed by atoms with Crippen LogP contribution in [0.1, 0.15) is 80.8 Å². The third-order valence-electron chi connectivity index (χ3n) is 8.97. The zero-order valence-corrected chi connectivity index (χ0v) is 19.0. The van der Waals surface area contributed by atoms with Crippen LogP contribution in [0.5, 0.6) is 0 Å². The Morgan fingerprint density at radius 3 is 2.25 bits per heavy atom. The largest absolute Gasteiger partial charge is 0.411 e. The summed E-state index contributed by atoms with van der Waals surface area (Å²) < 4.78 is 5.38. The van der Waals surface area contributed by atoms with Gasteiger partial charge in [-0.15, -0.1) is 5.10 Å². The number of rotatable bonds is 4. The lowest BCUT2D eigenvalue weighted by Crippen LogP contribution is -2.56. The predicted octanol–water partition coefficient (Wildman–Crippen LogP) is 4.33. The maximum absolute atomic E-state index is 9.93. The van der Waals surface area contributed by atoms with Gasteiger partial charge in [0.2, 0.25) is 6.39 Å². The zero-order valence-electron chi connectivity index (χ0n) is 19.0. The molecular formula is C26H36N4O2. The molecule has 1 atom stereocenters. The maximum Gasteiger partial charge on any atom is 0.317 e. The SMILES string of the molecule is OC1CCC(c2ccccc2C2CCN(C3CCC4(C3)CN(c3nnco3)C4)CC2)CC1. The fourth-order valence-electron chi connectivity index (χ4n) is 7.20. The van der Waals surface area contributed by atoms with Crippen LogP contribution in [0.2, 0.25) is 0 Å². The van der Waals surface area contributed by atoms with Gasteiger partial charge in [0.25, 0.3) is 0 Å². The monoisotopic (exact) mass is 436 g/mol. The molecule has 3 heterocycles. The molecule has 6 nitrogen and oxygen atoms in total. The summed E-state index contributed by atoms with van der Waals surface area (Å²) in [5.74, 6) is 1.34. The summed E-state index contributed by atoms with van der Waals surface area (Å²) in [6.07, 6.45) is 12.1. The molecule has 172 valence electrons. The van der Waals surface area contributed by atoms with Crippen molar-refractivity contribution in [1.82, 2.24) is 15.1 Å². The maximum atomic E-state index is 9.93. The highest BCUT2D eigenvalue weighted by Crippen LogP contribution is 2.49. The summed E-state index contributed by atoms with van der Waals surface area (Å²) >= 11 is 0. The molecule has 2 saturated heterocycles. The van der Waals surface area contributed by atoms with E-state index < -0.39 is 0 Å². The number of anilines is 1. The van der Waals surface area contributed by atoms with Gasteiger partial charge in [-0.05, 0) is 93.8 Å². The molecule has 1 aromatic carbocycles. The van der Waals surface area contributed by atoms with Crippen LogP contribution in [0.15, 0.2) is 35.1 Å². The molecule has 2 saturated carbocycles. The van der Waals surface area contributed by atoms with E-state index in [1.54, 1.807) is 11.1 Å². The number of nitrogens with zero attached hydrogens (tertiary/aromatic N) is 4. The van der Waals surface area contributed by atoms with Crippen molar-refractivity contribution in [3.05, 3.63) is 41.8 Å². The lowest BCUT2D eigenvalue weighted by atomic mass is 9.76. The Bertz CT molecular complexity index is 894. The summed E-state index contributed by atoms with van der Waals surface area (Å²) in [7, 11) is 0. The van der Waals surface area contributed by atoms with Crippen LogP contribution in [0.25, 0.3) is 0 Å². The first kappa shape index (κ1) is 20.7. The zero-order chi connectivity index (χ0) is 21.5. The van der Waals surface area contributed by atoms with Crippen LogP contribution in [-0.4, -0.2) is 58.5 Å². The topological polar surface area (TPSA) is 65.6 Å². The lowest BCUT2D eigenvalue weighted by Gasteiger charge is -2.48. The minimum atomic E-state index is -0.0777. The Labute approximate surface area is 191 Å².